The summed E-state index contributed by atoms with van der Waals surface area (Å²) in [6.07, 6.45) is 2.18. The molecule has 1 amide bonds. The zero-order valence-electron chi connectivity index (χ0n) is 12.9. The molecule has 1 aromatic carbocycles. The number of carbonyl (C=O) groups is 1. The number of hydrogen-bond acceptors (Lipinski definition) is 2. The van der Waals surface area contributed by atoms with Gasteiger partial charge in [0.15, 0.2) is 0 Å². The average Bonchev–Trinajstić information content (AvgIpc) is 2.43. The Balaban J connectivity index is 2.48. The van der Waals surface area contributed by atoms with Gasteiger partial charge in [-0.1, -0.05) is 51.1 Å². The molecule has 0 radical (unpaired) electrons. The van der Waals surface area contributed by atoms with Crippen LogP contribution < -0.4 is 5.32 Å². The summed E-state index contributed by atoms with van der Waals surface area (Å²) in [7, 11) is 0. The number of carbonyl (C=O) groups excluding carboxylic acids is 1. The van der Waals surface area contributed by atoms with Crippen LogP contribution >= 0.6 is 0 Å². The van der Waals surface area contributed by atoms with E-state index in [1.807, 2.05) is 18.2 Å². The first-order valence-corrected chi connectivity index (χ1v) is 7.41. The van der Waals surface area contributed by atoms with Gasteiger partial charge in [0.1, 0.15) is 0 Å². The number of rotatable bonds is 8. The van der Waals surface area contributed by atoms with E-state index in [1.165, 1.54) is 5.56 Å². The van der Waals surface area contributed by atoms with Gasteiger partial charge in [-0.2, -0.15) is 0 Å². The normalized spacial score (nSPS) is 13.0. The Labute approximate surface area is 122 Å². The molecule has 112 valence electrons. The fourth-order valence-corrected chi connectivity index (χ4v) is 2.25. The highest BCUT2D eigenvalue weighted by Crippen LogP contribution is 2.23. The molecule has 0 aromatic heterocycles. The summed E-state index contributed by atoms with van der Waals surface area (Å²) < 4.78 is 0. The van der Waals surface area contributed by atoms with Crippen molar-refractivity contribution in [3.63, 3.8) is 0 Å². The van der Waals surface area contributed by atoms with Gasteiger partial charge in [0.25, 0.3) is 0 Å². The molecule has 1 unspecified atom stereocenters. The third kappa shape index (κ3) is 5.74. The van der Waals surface area contributed by atoms with Crippen molar-refractivity contribution >= 4 is 5.91 Å². The van der Waals surface area contributed by atoms with E-state index < -0.39 is 0 Å². The third-order valence-corrected chi connectivity index (χ3v) is 3.75. The first kappa shape index (κ1) is 16.7. The quantitative estimate of drug-likeness (QED) is 0.767. The highest BCUT2D eigenvalue weighted by atomic mass is 16.3. The van der Waals surface area contributed by atoms with E-state index in [1.54, 1.807) is 0 Å². The predicted molar refractivity (Wildman–Crippen MR) is 82.6 cm³/mol. The fraction of sp³-hybridized carbons (Fsp3) is 0.588. The summed E-state index contributed by atoms with van der Waals surface area (Å²) in [6, 6.07) is 10.2. The molecule has 0 aliphatic heterocycles. The Morgan fingerprint density at radius 2 is 1.95 bits per heavy atom. The van der Waals surface area contributed by atoms with Crippen molar-refractivity contribution in [1.29, 1.82) is 0 Å². The van der Waals surface area contributed by atoms with Crippen LogP contribution in [-0.2, 0) is 4.79 Å². The molecule has 0 saturated carbocycles. The van der Waals surface area contributed by atoms with Crippen LogP contribution in [-0.4, -0.2) is 24.2 Å². The molecular weight excluding hydrogens is 250 g/mol. The number of nitrogens with one attached hydrogen (secondary N) is 1. The van der Waals surface area contributed by atoms with Crippen molar-refractivity contribution in [3.8, 4) is 0 Å². The zero-order chi connectivity index (χ0) is 15.0. The highest BCUT2D eigenvalue weighted by Gasteiger charge is 2.19. The van der Waals surface area contributed by atoms with E-state index in [2.05, 4.69) is 38.2 Å². The number of aliphatic hydroxyl groups excluding tert-OH is 1. The minimum Gasteiger partial charge on any atom is -0.396 e. The molecule has 0 aliphatic rings. The maximum Gasteiger partial charge on any atom is 0.220 e. The average molecular weight is 277 g/mol. The van der Waals surface area contributed by atoms with Crippen molar-refractivity contribution in [2.75, 3.05) is 13.2 Å². The first-order valence-electron chi connectivity index (χ1n) is 7.41. The number of hydrogen-bond donors (Lipinski definition) is 2. The van der Waals surface area contributed by atoms with Gasteiger partial charge in [-0.05, 0) is 29.7 Å². The Hall–Kier alpha value is -1.35. The largest absolute Gasteiger partial charge is 0.396 e. The van der Waals surface area contributed by atoms with Gasteiger partial charge >= 0.3 is 0 Å². The number of amides is 1. The van der Waals surface area contributed by atoms with Crippen molar-refractivity contribution in [1.82, 2.24) is 5.32 Å². The first-order chi connectivity index (χ1) is 9.48. The van der Waals surface area contributed by atoms with Gasteiger partial charge < -0.3 is 10.4 Å². The minimum absolute atomic E-state index is 0.0567. The van der Waals surface area contributed by atoms with Gasteiger partial charge in [-0.3, -0.25) is 4.79 Å². The minimum atomic E-state index is -0.0567. The van der Waals surface area contributed by atoms with E-state index in [0.29, 0.717) is 19.4 Å². The summed E-state index contributed by atoms with van der Waals surface area (Å²) in [4.78, 5) is 12.1. The van der Waals surface area contributed by atoms with Crippen LogP contribution in [0.3, 0.4) is 0 Å². The molecule has 2 N–H and O–H groups in total. The van der Waals surface area contributed by atoms with E-state index >= 15 is 0 Å². The number of benzene rings is 1. The van der Waals surface area contributed by atoms with Crippen molar-refractivity contribution in [3.05, 3.63) is 35.9 Å². The second-order valence-corrected chi connectivity index (χ2v) is 6.13. The predicted octanol–water partition coefficient (Wildman–Crippen LogP) is 3.10. The van der Waals surface area contributed by atoms with Gasteiger partial charge in [0, 0.05) is 19.6 Å². The third-order valence-electron chi connectivity index (χ3n) is 3.75. The molecule has 3 nitrogen and oxygen atoms in total. The molecule has 1 rings (SSSR count). The van der Waals surface area contributed by atoms with Gasteiger partial charge in [0.05, 0.1) is 0 Å². The van der Waals surface area contributed by atoms with Crippen LogP contribution in [0, 0.1) is 5.41 Å². The van der Waals surface area contributed by atoms with E-state index in [4.69, 9.17) is 5.11 Å². The Bertz CT molecular complexity index is 401. The van der Waals surface area contributed by atoms with Crippen LogP contribution in [0.2, 0.25) is 0 Å². The number of aliphatic hydroxyl groups is 1. The fourth-order valence-electron chi connectivity index (χ4n) is 2.25. The summed E-state index contributed by atoms with van der Waals surface area (Å²) >= 11 is 0. The lowest BCUT2D eigenvalue weighted by Gasteiger charge is -2.24. The molecule has 1 aromatic rings. The second kappa shape index (κ2) is 8.05. The summed E-state index contributed by atoms with van der Waals surface area (Å²) in [5, 5.41) is 12.0. The standard InChI is InChI=1S/C17H27NO2/c1-4-14(15-8-6-5-7-9-15)12-16(20)18-13-17(2,3)10-11-19/h5-9,14,19H,4,10-13H2,1-3H3,(H,18,20). The lowest BCUT2D eigenvalue weighted by molar-refractivity contribution is -0.122. The topological polar surface area (TPSA) is 49.3 Å². The van der Waals surface area contributed by atoms with Crippen molar-refractivity contribution in [2.45, 2.75) is 46.0 Å². The van der Waals surface area contributed by atoms with Gasteiger partial charge in [-0.25, -0.2) is 0 Å². The molecule has 0 aliphatic carbocycles. The molecule has 0 fully saturated rings. The monoisotopic (exact) mass is 277 g/mol. The highest BCUT2D eigenvalue weighted by molar-refractivity contribution is 5.76. The lowest BCUT2D eigenvalue weighted by atomic mass is 9.89. The van der Waals surface area contributed by atoms with Crippen molar-refractivity contribution < 1.29 is 9.90 Å². The van der Waals surface area contributed by atoms with E-state index in [-0.39, 0.29) is 23.8 Å². The molecule has 0 bridgehead atoms. The molecular formula is C17H27NO2. The lowest BCUT2D eigenvalue weighted by Crippen LogP contribution is -2.35. The molecule has 3 heteroatoms. The molecule has 1 atom stereocenters. The molecule has 20 heavy (non-hydrogen) atoms. The van der Waals surface area contributed by atoms with Crippen LogP contribution in [0.1, 0.15) is 51.5 Å². The van der Waals surface area contributed by atoms with E-state index in [0.717, 1.165) is 6.42 Å². The van der Waals surface area contributed by atoms with Crippen LogP contribution in [0.4, 0.5) is 0 Å². The Kier molecular flexibility index (Phi) is 6.73. The van der Waals surface area contributed by atoms with Gasteiger partial charge in [-0.15, -0.1) is 0 Å². The Morgan fingerprint density at radius 1 is 1.30 bits per heavy atom. The van der Waals surface area contributed by atoms with E-state index in [9.17, 15) is 4.79 Å². The zero-order valence-corrected chi connectivity index (χ0v) is 12.9. The molecule has 0 heterocycles. The summed E-state index contributed by atoms with van der Waals surface area (Å²) in [5.41, 5.74) is 1.17. The van der Waals surface area contributed by atoms with Crippen LogP contribution in [0.25, 0.3) is 0 Å². The maximum absolute atomic E-state index is 12.1. The Morgan fingerprint density at radius 3 is 2.50 bits per heavy atom. The summed E-state index contributed by atoms with van der Waals surface area (Å²) in [5.74, 6) is 0.365. The van der Waals surface area contributed by atoms with Crippen molar-refractivity contribution in [2.24, 2.45) is 5.41 Å². The molecule has 0 spiro atoms. The SMILES string of the molecule is CCC(CC(=O)NCC(C)(C)CCO)c1ccccc1. The summed E-state index contributed by atoms with van der Waals surface area (Å²) in [6.45, 7) is 6.98. The second-order valence-electron chi connectivity index (χ2n) is 6.13. The van der Waals surface area contributed by atoms with Gasteiger partial charge in [0.2, 0.25) is 5.91 Å². The van der Waals surface area contributed by atoms with Crippen LogP contribution in [0.5, 0.6) is 0 Å². The molecule has 0 saturated heterocycles. The van der Waals surface area contributed by atoms with Crippen LogP contribution in [0.15, 0.2) is 30.3 Å². The smallest absolute Gasteiger partial charge is 0.220 e. The maximum atomic E-state index is 12.1.